The minimum atomic E-state index is -1.19. The van der Waals surface area contributed by atoms with E-state index in [1.165, 1.54) is 12.1 Å². The van der Waals surface area contributed by atoms with Crippen LogP contribution >= 0.6 is 0 Å². The van der Waals surface area contributed by atoms with Gasteiger partial charge in [0, 0.05) is 0 Å². The van der Waals surface area contributed by atoms with Gasteiger partial charge in [-0.1, -0.05) is 6.07 Å². The number of hydrogen-bond acceptors (Lipinski definition) is 4. The zero-order valence-electron chi connectivity index (χ0n) is 11.1. The van der Waals surface area contributed by atoms with Crippen molar-refractivity contribution < 1.29 is 24.2 Å². The molecule has 0 aliphatic rings. The number of hydrogen-bond donors (Lipinski definition) is 3. The topological polar surface area (TPSA) is 124 Å². The number of nitrogens with two attached hydrogens (primary N) is 1. The van der Waals surface area contributed by atoms with Crippen molar-refractivity contribution in [1.82, 2.24) is 0 Å². The van der Waals surface area contributed by atoms with Crippen LogP contribution in [-0.2, 0) is 16.0 Å². The second-order valence-corrected chi connectivity index (χ2v) is 4.69. The lowest BCUT2D eigenvalue weighted by atomic mass is 9.92. The van der Waals surface area contributed by atoms with E-state index in [2.05, 4.69) is 0 Å². The Kier molecular flexibility index (Phi) is 5.81. The Hall–Kier alpha value is -2.46. The third kappa shape index (κ3) is 4.85. The molecule has 0 fully saturated rings. The molecular formula is C14H15FN2O4. The summed E-state index contributed by atoms with van der Waals surface area (Å²) in [6.07, 6.45) is 0.139. The van der Waals surface area contributed by atoms with E-state index >= 15 is 0 Å². The molecule has 0 amide bonds. The molecular weight excluding hydrogens is 279 g/mol. The van der Waals surface area contributed by atoms with Gasteiger partial charge in [-0.3, -0.25) is 9.59 Å². The molecule has 0 aliphatic carbocycles. The predicted molar refractivity (Wildman–Crippen MR) is 70.8 cm³/mol. The quantitative estimate of drug-likeness (QED) is 0.692. The van der Waals surface area contributed by atoms with Gasteiger partial charge in [-0.2, -0.15) is 5.26 Å². The van der Waals surface area contributed by atoms with Gasteiger partial charge in [-0.25, -0.2) is 4.39 Å². The van der Waals surface area contributed by atoms with E-state index in [9.17, 15) is 14.0 Å². The molecule has 0 aromatic heterocycles. The van der Waals surface area contributed by atoms with Crippen molar-refractivity contribution in [2.24, 2.45) is 11.7 Å². The lowest BCUT2D eigenvalue weighted by Crippen LogP contribution is -2.31. The van der Waals surface area contributed by atoms with Crippen molar-refractivity contribution in [1.29, 1.82) is 5.26 Å². The summed E-state index contributed by atoms with van der Waals surface area (Å²) < 4.78 is 13.5. The number of halogens is 1. The second-order valence-electron chi connectivity index (χ2n) is 4.69. The van der Waals surface area contributed by atoms with Crippen molar-refractivity contribution in [3.8, 4) is 6.07 Å². The van der Waals surface area contributed by atoms with Crippen LogP contribution in [-0.4, -0.2) is 28.2 Å². The number of benzene rings is 1. The van der Waals surface area contributed by atoms with Crippen LogP contribution in [0.15, 0.2) is 18.2 Å². The smallest absolute Gasteiger partial charge is 0.320 e. The van der Waals surface area contributed by atoms with Crippen molar-refractivity contribution in [3.05, 3.63) is 35.1 Å². The van der Waals surface area contributed by atoms with Gasteiger partial charge in [0.15, 0.2) is 0 Å². The number of nitriles is 1. The van der Waals surface area contributed by atoms with Crippen LogP contribution in [0.5, 0.6) is 0 Å². The summed E-state index contributed by atoms with van der Waals surface area (Å²) in [6.45, 7) is 0. The first-order chi connectivity index (χ1) is 9.85. The zero-order valence-corrected chi connectivity index (χ0v) is 11.1. The molecule has 112 valence electrons. The minimum Gasteiger partial charge on any atom is -0.481 e. The largest absolute Gasteiger partial charge is 0.481 e. The van der Waals surface area contributed by atoms with Gasteiger partial charge in [0.2, 0.25) is 0 Å². The molecule has 0 saturated heterocycles. The van der Waals surface area contributed by atoms with Crippen LogP contribution in [0.4, 0.5) is 4.39 Å². The van der Waals surface area contributed by atoms with Gasteiger partial charge < -0.3 is 15.9 Å². The van der Waals surface area contributed by atoms with E-state index in [1.54, 1.807) is 6.07 Å². The minimum absolute atomic E-state index is 0.0189. The average Bonchev–Trinajstić information content (AvgIpc) is 2.42. The molecule has 21 heavy (non-hydrogen) atoms. The van der Waals surface area contributed by atoms with Crippen molar-refractivity contribution in [2.75, 3.05) is 0 Å². The Labute approximate surface area is 120 Å². The van der Waals surface area contributed by atoms with E-state index in [0.717, 1.165) is 6.07 Å². The first-order valence-electron chi connectivity index (χ1n) is 6.25. The fraction of sp³-hybridized carbons (Fsp3) is 0.357. The molecule has 0 heterocycles. The molecule has 1 rings (SSSR count). The van der Waals surface area contributed by atoms with E-state index in [-0.39, 0.29) is 24.8 Å². The Bertz CT molecular complexity index is 583. The molecule has 6 nitrogen and oxygen atoms in total. The van der Waals surface area contributed by atoms with E-state index in [1.807, 2.05) is 0 Å². The standard InChI is InChI=1S/C14H15FN2O4/c15-11-6-8(1-2-10(11)7-16)5-9(13(18)19)3-4-12(17)14(20)21/h1-2,6,9,12H,3-5,17H2,(H,18,19)(H,20,21)/t9?,12-/m0/s1. The summed E-state index contributed by atoms with van der Waals surface area (Å²) in [5.74, 6) is -3.86. The number of carbonyl (C=O) groups is 2. The molecule has 0 spiro atoms. The Balaban J connectivity index is 2.75. The predicted octanol–water partition coefficient (Wildman–Crippen LogP) is 1.13. The molecule has 4 N–H and O–H groups in total. The maximum Gasteiger partial charge on any atom is 0.320 e. The lowest BCUT2D eigenvalue weighted by Gasteiger charge is -2.14. The fourth-order valence-electron chi connectivity index (χ4n) is 1.88. The van der Waals surface area contributed by atoms with E-state index in [4.69, 9.17) is 21.2 Å². The number of aliphatic carboxylic acids is 2. The Morgan fingerprint density at radius 1 is 1.29 bits per heavy atom. The summed E-state index contributed by atoms with van der Waals surface area (Å²) in [5, 5.41) is 26.4. The molecule has 0 bridgehead atoms. The first kappa shape index (κ1) is 16.6. The Morgan fingerprint density at radius 3 is 2.43 bits per heavy atom. The Morgan fingerprint density at radius 2 is 1.95 bits per heavy atom. The van der Waals surface area contributed by atoms with Gasteiger partial charge in [0.1, 0.15) is 17.9 Å². The summed E-state index contributed by atoms with van der Waals surface area (Å²) in [5.41, 5.74) is 5.65. The van der Waals surface area contributed by atoms with Gasteiger partial charge in [0.05, 0.1) is 11.5 Å². The highest BCUT2D eigenvalue weighted by molar-refractivity contribution is 5.73. The molecule has 0 radical (unpaired) electrons. The summed E-state index contributed by atoms with van der Waals surface area (Å²) in [7, 11) is 0. The number of carboxylic acid groups (broad SMARTS) is 2. The highest BCUT2D eigenvalue weighted by Crippen LogP contribution is 2.18. The van der Waals surface area contributed by atoms with Crippen LogP contribution in [0.1, 0.15) is 24.0 Å². The van der Waals surface area contributed by atoms with Gasteiger partial charge in [-0.05, 0) is 37.0 Å². The highest BCUT2D eigenvalue weighted by Gasteiger charge is 2.21. The average molecular weight is 294 g/mol. The molecule has 1 aromatic rings. The van der Waals surface area contributed by atoms with Crippen molar-refractivity contribution in [2.45, 2.75) is 25.3 Å². The fourth-order valence-corrected chi connectivity index (χ4v) is 1.88. The van der Waals surface area contributed by atoms with E-state index < -0.39 is 29.7 Å². The van der Waals surface area contributed by atoms with Gasteiger partial charge >= 0.3 is 11.9 Å². The highest BCUT2D eigenvalue weighted by atomic mass is 19.1. The summed E-state index contributed by atoms with van der Waals surface area (Å²) >= 11 is 0. The first-order valence-corrected chi connectivity index (χ1v) is 6.25. The molecule has 2 atom stereocenters. The van der Waals surface area contributed by atoms with Crippen molar-refractivity contribution >= 4 is 11.9 Å². The van der Waals surface area contributed by atoms with Gasteiger partial charge in [0.25, 0.3) is 0 Å². The summed E-state index contributed by atoms with van der Waals surface area (Å²) in [4.78, 5) is 21.8. The van der Waals surface area contributed by atoms with Crippen LogP contribution in [0.25, 0.3) is 0 Å². The maximum atomic E-state index is 13.5. The van der Waals surface area contributed by atoms with Crippen LogP contribution in [0, 0.1) is 23.1 Å². The molecule has 0 aliphatic heterocycles. The third-order valence-electron chi connectivity index (χ3n) is 3.13. The van der Waals surface area contributed by atoms with Crippen LogP contribution in [0.3, 0.4) is 0 Å². The second kappa shape index (κ2) is 7.36. The molecule has 1 aromatic carbocycles. The van der Waals surface area contributed by atoms with Crippen molar-refractivity contribution in [3.63, 3.8) is 0 Å². The molecule has 1 unspecified atom stereocenters. The monoisotopic (exact) mass is 294 g/mol. The van der Waals surface area contributed by atoms with Gasteiger partial charge in [-0.15, -0.1) is 0 Å². The van der Waals surface area contributed by atoms with Crippen LogP contribution in [0.2, 0.25) is 0 Å². The normalized spacial score (nSPS) is 13.2. The SMILES string of the molecule is N#Cc1ccc(CC(CC[C@H](N)C(=O)O)C(=O)O)cc1F. The molecule has 0 saturated carbocycles. The lowest BCUT2D eigenvalue weighted by molar-refractivity contribution is -0.143. The number of nitrogens with zero attached hydrogens (tertiary/aromatic N) is 1. The zero-order chi connectivity index (χ0) is 16.0. The molecule has 7 heteroatoms. The number of rotatable bonds is 7. The maximum absolute atomic E-state index is 13.5. The summed E-state index contributed by atoms with van der Waals surface area (Å²) in [6, 6.07) is 4.44. The third-order valence-corrected chi connectivity index (χ3v) is 3.13. The van der Waals surface area contributed by atoms with E-state index in [0.29, 0.717) is 5.56 Å². The number of carboxylic acids is 2. The van der Waals surface area contributed by atoms with Crippen LogP contribution < -0.4 is 5.73 Å².